The van der Waals surface area contributed by atoms with Crippen molar-refractivity contribution >= 4 is 5.97 Å². The van der Waals surface area contributed by atoms with Gasteiger partial charge in [-0.3, -0.25) is 4.79 Å². The van der Waals surface area contributed by atoms with Crippen molar-refractivity contribution < 1.29 is 27.8 Å². The van der Waals surface area contributed by atoms with Gasteiger partial charge in [-0.2, -0.15) is 8.78 Å². The highest BCUT2D eigenvalue weighted by molar-refractivity contribution is 5.69. The molecule has 0 bridgehead atoms. The summed E-state index contributed by atoms with van der Waals surface area (Å²) < 4.78 is 38.4. The van der Waals surface area contributed by atoms with Gasteiger partial charge in [-0.15, -0.1) is 0 Å². The number of alkyl halides is 2. The number of halogens is 2. The van der Waals surface area contributed by atoms with Crippen molar-refractivity contribution in [2.75, 3.05) is 27.8 Å². The predicted molar refractivity (Wildman–Crippen MR) is 72.6 cm³/mol. The van der Waals surface area contributed by atoms with Crippen LogP contribution in [0, 0.1) is 0 Å². The largest absolute Gasteiger partial charge is 0.493 e. The molecule has 0 spiro atoms. The lowest BCUT2D eigenvalue weighted by atomic mass is 10.2. The molecule has 5 nitrogen and oxygen atoms in total. The van der Waals surface area contributed by atoms with Gasteiger partial charge >= 0.3 is 12.6 Å². The van der Waals surface area contributed by atoms with E-state index in [0.717, 1.165) is 5.56 Å². The molecule has 0 aromatic heterocycles. The van der Waals surface area contributed by atoms with Crippen molar-refractivity contribution in [2.24, 2.45) is 0 Å². The van der Waals surface area contributed by atoms with Gasteiger partial charge in [0.2, 0.25) is 0 Å². The molecule has 21 heavy (non-hydrogen) atoms. The number of hydrogen-bond donors (Lipinski definition) is 0. The zero-order valence-electron chi connectivity index (χ0n) is 12.3. The Morgan fingerprint density at radius 2 is 2.00 bits per heavy atom. The van der Waals surface area contributed by atoms with E-state index < -0.39 is 6.61 Å². The van der Waals surface area contributed by atoms with Gasteiger partial charge in [0.05, 0.1) is 20.6 Å². The highest BCUT2D eigenvalue weighted by Gasteiger charge is 2.12. The molecule has 0 unspecified atom stereocenters. The Morgan fingerprint density at radius 1 is 1.29 bits per heavy atom. The highest BCUT2D eigenvalue weighted by Crippen LogP contribution is 2.29. The molecule has 7 heteroatoms. The third kappa shape index (κ3) is 5.95. The summed E-state index contributed by atoms with van der Waals surface area (Å²) in [4.78, 5) is 13.0. The standard InChI is InChI=1S/C14H19F2NO4/c1-17(7-6-13(18)20-3)9-10-4-5-11(21-14(15)16)12(8-10)19-2/h4-5,8,14H,6-7,9H2,1-3H3. The van der Waals surface area contributed by atoms with Crippen molar-refractivity contribution in [3.8, 4) is 11.5 Å². The third-order valence-electron chi connectivity index (χ3n) is 2.82. The average Bonchev–Trinajstić information content (AvgIpc) is 2.45. The number of ether oxygens (including phenoxy) is 3. The molecule has 0 amide bonds. The monoisotopic (exact) mass is 303 g/mol. The lowest BCUT2D eigenvalue weighted by Gasteiger charge is -2.17. The number of carbonyl (C=O) groups excluding carboxylic acids is 1. The molecule has 1 aromatic rings. The van der Waals surface area contributed by atoms with E-state index in [1.807, 2.05) is 11.9 Å². The molecule has 1 rings (SSSR count). The fraction of sp³-hybridized carbons (Fsp3) is 0.500. The van der Waals surface area contributed by atoms with Crippen LogP contribution in [0.15, 0.2) is 18.2 Å². The van der Waals surface area contributed by atoms with Gasteiger partial charge in [0, 0.05) is 13.1 Å². The van der Waals surface area contributed by atoms with E-state index in [4.69, 9.17) is 4.74 Å². The quantitative estimate of drug-likeness (QED) is 0.690. The highest BCUT2D eigenvalue weighted by atomic mass is 19.3. The molecule has 0 radical (unpaired) electrons. The summed E-state index contributed by atoms with van der Waals surface area (Å²) in [5.41, 5.74) is 0.862. The van der Waals surface area contributed by atoms with Crippen LogP contribution in [0.25, 0.3) is 0 Å². The van der Waals surface area contributed by atoms with Gasteiger partial charge in [-0.25, -0.2) is 0 Å². The van der Waals surface area contributed by atoms with Crippen LogP contribution in [0.1, 0.15) is 12.0 Å². The first-order valence-corrected chi connectivity index (χ1v) is 6.33. The number of rotatable bonds is 8. The van der Waals surface area contributed by atoms with E-state index in [-0.39, 0.29) is 23.9 Å². The molecule has 0 saturated heterocycles. The van der Waals surface area contributed by atoms with Crippen molar-refractivity contribution in [1.82, 2.24) is 4.90 Å². The van der Waals surface area contributed by atoms with Gasteiger partial charge < -0.3 is 19.1 Å². The van der Waals surface area contributed by atoms with Crippen LogP contribution in [-0.2, 0) is 16.1 Å². The minimum absolute atomic E-state index is 0.00605. The predicted octanol–water partition coefficient (Wildman–Crippen LogP) is 2.29. The number of nitrogens with zero attached hydrogens (tertiary/aromatic N) is 1. The Hall–Kier alpha value is -1.89. The zero-order valence-corrected chi connectivity index (χ0v) is 12.3. The Bertz CT molecular complexity index is 468. The smallest absolute Gasteiger partial charge is 0.387 e. The molecule has 0 aliphatic heterocycles. The topological polar surface area (TPSA) is 48.0 Å². The van der Waals surface area contributed by atoms with Gasteiger partial charge in [-0.1, -0.05) is 6.07 Å². The molecule has 0 N–H and O–H groups in total. The van der Waals surface area contributed by atoms with E-state index in [1.54, 1.807) is 12.1 Å². The molecule has 1 aromatic carbocycles. The molecular weight excluding hydrogens is 284 g/mol. The van der Waals surface area contributed by atoms with E-state index in [9.17, 15) is 13.6 Å². The van der Waals surface area contributed by atoms with Crippen LogP contribution in [0.5, 0.6) is 11.5 Å². The van der Waals surface area contributed by atoms with Crippen LogP contribution < -0.4 is 9.47 Å². The van der Waals surface area contributed by atoms with Crippen LogP contribution in [0.4, 0.5) is 8.78 Å². The maximum Gasteiger partial charge on any atom is 0.387 e. The summed E-state index contributed by atoms with van der Waals surface area (Å²) in [7, 11) is 4.58. The van der Waals surface area contributed by atoms with E-state index in [1.165, 1.54) is 20.3 Å². The maximum atomic E-state index is 12.2. The minimum Gasteiger partial charge on any atom is -0.493 e. The molecule has 0 heterocycles. The summed E-state index contributed by atoms with van der Waals surface area (Å²) in [6.07, 6.45) is 0.288. The van der Waals surface area contributed by atoms with Crippen molar-refractivity contribution in [3.05, 3.63) is 23.8 Å². The second kappa shape index (κ2) is 8.41. The van der Waals surface area contributed by atoms with E-state index in [2.05, 4.69) is 9.47 Å². The second-order valence-corrected chi connectivity index (χ2v) is 4.43. The molecule has 0 aliphatic rings. The molecule has 118 valence electrons. The van der Waals surface area contributed by atoms with Gasteiger partial charge in [0.15, 0.2) is 11.5 Å². The number of hydrogen-bond acceptors (Lipinski definition) is 5. The number of carbonyl (C=O) groups is 1. The van der Waals surface area contributed by atoms with Crippen molar-refractivity contribution in [2.45, 2.75) is 19.6 Å². The first-order valence-electron chi connectivity index (χ1n) is 6.33. The van der Waals surface area contributed by atoms with Gasteiger partial charge in [-0.05, 0) is 24.7 Å². The fourth-order valence-electron chi connectivity index (χ4n) is 1.78. The van der Waals surface area contributed by atoms with Crippen molar-refractivity contribution in [1.29, 1.82) is 0 Å². The van der Waals surface area contributed by atoms with Crippen LogP contribution >= 0.6 is 0 Å². The van der Waals surface area contributed by atoms with E-state index >= 15 is 0 Å². The van der Waals surface area contributed by atoms with Gasteiger partial charge in [0.1, 0.15) is 0 Å². The van der Waals surface area contributed by atoms with Gasteiger partial charge in [0.25, 0.3) is 0 Å². The summed E-state index contributed by atoms with van der Waals surface area (Å²) in [5.74, 6) is -0.0391. The van der Waals surface area contributed by atoms with E-state index in [0.29, 0.717) is 13.1 Å². The number of methoxy groups -OCH3 is 2. The van der Waals surface area contributed by atoms with Crippen LogP contribution in [0.2, 0.25) is 0 Å². The average molecular weight is 303 g/mol. The Balaban J connectivity index is 2.65. The first kappa shape index (κ1) is 17.2. The molecule has 0 atom stereocenters. The normalized spacial score (nSPS) is 10.8. The number of esters is 1. The summed E-state index contributed by atoms with van der Waals surface area (Å²) in [5, 5.41) is 0. The Kier molecular flexibility index (Phi) is 6.87. The van der Waals surface area contributed by atoms with Crippen molar-refractivity contribution in [3.63, 3.8) is 0 Å². The van der Waals surface area contributed by atoms with Crippen LogP contribution in [-0.4, -0.2) is 45.3 Å². The summed E-state index contributed by atoms with van der Waals surface area (Å²) in [6.45, 7) is -1.82. The summed E-state index contributed by atoms with van der Waals surface area (Å²) in [6, 6.07) is 4.75. The molecule has 0 fully saturated rings. The molecule has 0 aliphatic carbocycles. The Morgan fingerprint density at radius 3 is 2.57 bits per heavy atom. The first-order chi connectivity index (χ1) is 9.96. The lowest BCUT2D eigenvalue weighted by Crippen LogP contribution is -2.21. The SMILES string of the molecule is COC(=O)CCN(C)Cc1ccc(OC(F)F)c(OC)c1. The lowest BCUT2D eigenvalue weighted by molar-refractivity contribution is -0.140. The maximum absolute atomic E-state index is 12.2. The second-order valence-electron chi connectivity index (χ2n) is 4.43. The third-order valence-corrected chi connectivity index (χ3v) is 2.82. The molecule has 0 saturated carbocycles. The zero-order chi connectivity index (χ0) is 15.8. The Labute approximate surface area is 122 Å². The molecular formula is C14H19F2NO4. The number of benzene rings is 1. The minimum atomic E-state index is -2.90. The fourth-order valence-corrected chi connectivity index (χ4v) is 1.78. The summed E-state index contributed by atoms with van der Waals surface area (Å²) >= 11 is 0. The van der Waals surface area contributed by atoms with Crippen LogP contribution in [0.3, 0.4) is 0 Å².